The van der Waals surface area contributed by atoms with Gasteiger partial charge in [0.05, 0.1) is 24.7 Å². The summed E-state index contributed by atoms with van der Waals surface area (Å²) >= 11 is 3.39. The average molecular weight is 334 g/mol. The Labute approximate surface area is 139 Å². The third-order valence-electron chi connectivity index (χ3n) is 3.37. The van der Waals surface area contributed by atoms with E-state index >= 15 is 0 Å². The number of hydrogen-bond donors (Lipinski definition) is 0. The van der Waals surface area contributed by atoms with Crippen LogP contribution in [0, 0.1) is 0 Å². The van der Waals surface area contributed by atoms with E-state index in [4.69, 9.17) is 9.78 Å². The Morgan fingerprint density at radius 1 is 1.23 bits per heavy atom. The van der Waals surface area contributed by atoms with Gasteiger partial charge in [-0.3, -0.25) is 4.98 Å². The Hall–Kier alpha value is -1.08. The fraction of sp³-hybridized carbons (Fsp3) is 0.375. The van der Waals surface area contributed by atoms with Gasteiger partial charge in [0.2, 0.25) is 0 Å². The maximum absolute atomic E-state index is 5.27. The quantitative estimate of drug-likeness (QED) is 0.607. The van der Waals surface area contributed by atoms with Crippen molar-refractivity contribution in [3.05, 3.63) is 36.7 Å². The van der Waals surface area contributed by atoms with Gasteiger partial charge in [0.15, 0.2) is 0 Å². The van der Waals surface area contributed by atoms with Crippen LogP contribution in [-0.2, 0) is 9.78 Å². The zero-order chi connectivity index (χ0) is 15.2. The Balaban J connectivity index is 1.66. The lowest BCUT2D eigenvalue weighted by Gasteiger charge is -2.20. The predicted octanol–water partition coefficient (Wildman–Crippen LogP) is 4.07. The van der Waals surface area contributed by atoms with Gasteiger partial charge >= 0.3 is 0 Å². The minimum atomic E-state index is 0.144. The molecule has 22 heavy (non-hydrogen) atoms. The van der Waals surface area contributed by atoms with Gasteiger partial charge in [-0.25, -0.2) is 14.8 Å². The molecule has 1 fully saturated rings. The highest BCUT2D eigenvalue weighted by molar-refractivity contribution is 7.99. The smallest absolute Gasteiger partial charge is 0.115 e. The van der Waals surface area contributed by atoms with E-state index in [1.807, 2.05) is 0 Å². The van der Waals surface area contributed by atoms with Crippen molar-refractivity contribution >= 4 is 23.5 Å². The minimum Gasteiger partial charge on any atom is -0.260 e. The van der Waals surface area contributed by atoms with Crippen molar-refractivity contribution < 1.29 is 9.78 Å². The van der Waals surface area contributed by atoms with Gasteiger partial charge in [-0.15, -0.1) is 23.5 Å². The van der Waals surface area contributed by atoms with Crippen molar-refractivity contribution in [3.63, 3.8) is 0 Å². The van der Waals surface area contributed by atoms with Crippen LogP contribution < -0.4 is 0 Å². The van der Waals surface area contributed by atoms with E-state index in [1.165, 1.54) is 4.90 Å². The summed E-state index contributed by atoms with van der Waals surface area (Å²) in [4.78, 5) is 20.5. The van der Waals surface area contributed by atoms with Crippen molar-refractivity contribution in [2.45, 2.75) is 28.9 Å². The van der Waals surface area contributed by atoms with Crippen molar-refractivity contribution in [1.82, 2.24) is 9.97 Å². The maximum Gasteiger partial charge on any atom is 0.115 e. The molecule has 2 aromatic rings. The number of thioether (sulfide) groups is 2. The molecule has 116 valence electrons. The van der Waals surface area contributed by atoms with E-state index in [-0.39, 0.29) is 6.10 Å². The highest BCUT2D eigenvalue weighted by Crippen LogP contribution is 2.25. The molecule has 0 N–H and O–H groups in total. The van der Waals surface area contributed by atoms with E-state index < -0.39 is 0 Å². The number of hydrogen-bond acceptors (Lipinski definition) is 6. The van der Waals surface area contributed by atoms with Gasteiger partial charge in [-0.1, -0.05) is 12.1 Å². The first-order valence-electron chi connectivity index (χ1n) is 7.23. The summed E-state index contributed by atoms with van der Waals surface area (Å²) in [7, 11) is 0. The molecule has 6 heteroatoms. The van der Waals surface area contributed by atoms with Crippen molar-refractivity contribution in [3.8, 4) is 11.3 Å². The van der Waals surface area contributed by atoms with Crippen LogP contribution in [0.1, 0.15) is 12.8 Å². The van der Waals surface area contributed by atoms with Gasteiger partial charge in [0, 0.05) is 16.2 Å². The summed E-state index contributed by atoms with van der Waals surface area (Å²) in [5.41, 5.74) is 1.99. The van der Waals surface area contributed by atoms with E-state index in [2.05, 4.69) is 40.5 Å². The van der Waals surface area contributed by atoms with Crippen molar-refractivity contribution in [2.24, 2.45) is 0 Å². The average Bonchev–Trinajstić information content (AvgIpc) is 2.61. The highest BCUT2D eigenvalue weighted by Gasteiger charge is 2.16. The van der Waals surface area contributed by atoms with Crippen molar-refractivity contribution in [1.29, 1.82) is 0 Å². The van der Waals surface area contributed by atoms with Crippen LogP contribution in [0.3, 0.4) is 0 Å². The molecule has 2 heterocycles. The lowest BCUT2D eigenvalue weighted by molar-refractivity contribution is -0.339. The number of nitrogens with zero attached hydrogens (tertiary/aromatic N) is 2. The molecule has 1 unspecified atom stereocenters. The fourth-order valence-electron chi connectivity index (χ4n) is 2.17. The van der Waals surface area contributed by atoms with Crippen LogP contribution in [0.2, 0.25) is 0 Å². The molecule has 1 aromatic heterocycles. The third-order valence-corrected chi connectivity index (χ3v) is 5.15. The molecule has 0 saturated carbocycles. The molecular formula is C16H18N2O2S2. The van der Waals surface area contributed by atoms with Crippen LogP contribution in [0.25, 0.3) is 11.3 Å². The molecule has 0 amide bonds. The Kier molecular flexibility index (Phi) is 5.72. The monoisotopic (exact) mass is 334 g/mol. The van der Waals surface area contributed by atoms with E-state index in [1.54, 1.807) is 35.9 Å². The SMILES string of the molecule is CSc1ccc(-c2cncc(SCC3CCCOO3)n2)cc1. The molecular weight excluding hydrogens is 316 g/mol. The zero-order valence-electron chi connectivity index (χ0n) is 12.4. The molecule has 0 radical (unpaired) electrons. The van der Waals surface area contributed by atoms with Gasteiger partial charge in [0.1, 0.15) is 11.1 Å². The predicted molar refractivity (Wildman–Crippen MR) is 90.0 cm³/mol. The van der Waals surface area contributed by atoms with Crippen LogP contribution in [0.5, 0.6) is 0 Å². The lowest BCUT2D eigenvalue weighted by Crippen LogP contribution is -2.22. The van der Waals surface area contributed by atoms with Crippen LogP contribution in [0.4, 0.5) is 0 Å². The first-order valence-corrected chi connectivity index (χ1v) is 9.44. The molecule has 1 saturated heterocycles. The molecule has 4 nitrogen and oxygen atoms in total. The normalized spacial score (nSPS) is 18.3. The van der Waals surface area contributed by atoms with E-state index in [9.17, 15) is 0 Å². The first kappa shape index (κ1) is 15.8. The topological polar surface area (TPSA) is 44.2 Å². The van der Waals surface area contributed by atoms with Gasteiger partial charge in [0.25, 0.3) is 0 Å². The molecule has 1 aliphatic heterocycles. The first-order chi connectivity index (χ1) is 10.8. The lowest BCUT2D eigenvalue weighted by atomic mass is 10.2. The largest absolute Gasteiger partial charge is 0.260 e. The van der Waals surface area contributed by atoms with Gasteiger partial charge < -0.3 is 0 Å². The van der Waals surface area contributed by atoms with E-state index in [0.717, 1.165) is 34.9 Å². The maximum atomic E-state index is 5.27. The standard InChI is InChI=1S/C16H18N2O2S2/c1-21-14-6-4-12(5-7-14)15-9-17-10-16(18-15)22-11-13-3-2-8-19-20-13/h4-7,9-10,13H,2-3,8,11H2,1H3. The molecule has 3 rings (SSSR count). The molecule has 0 spiro atoms. The second kappa shape index (κ2) is 7.97. The molecule has 0 bridgehead atoms. The summed E-state index contributed by atoms with van der Waals surface area (Å²) < 4.78 is 0. The molecule has 1 aliphatic rings. The summed E-state index contributed by atoms with van der Waals surface area (Å²) in [6, 6.07) is 8.38. The molecule has 1 atom stereocenters. The second-order valence-electron chi connectivity index (χ2n) is 4.96. The number of rotatable bonds is 5. The highest BCUT2D eigenvalue weighted by atomic mass is 32.2. The molecule has 1 aromatic carbocycles. The van der Waals surface area contributed by atoms with Crippen LogP contribution in [-0.4, -0.2) is 34.7 Å². The summed E-state index contributed by atoms with van der Waals surface area (Å²) in [5, 5.41) is 0.917. The minimum absolute atomic E-state index is 0.144. The van der Waals surface area contributed by atoms with Gasteiger partial charge in [-0.05, 0) is 31.2 Å². The third kappa shape index (κ3) is 4.23. The fourth-order valence-corrected chi connectivity index (χ4v) is 3.46. The molecule has 0 aliphatic carbocycles. The second-order valence-corrected chi connectivity index (χ2v) is 6.88. The van der Waals surface area contributed by atoms with E-state index in [0.29, 0.717) is 6.61 Å². The van der Waals surface area contributed by atoms with Gasteiger partial charge in [-0.2, -0.15) is 0 Å². The van der Waals surface area contributed by atoms with Crippen LogP contribution >= 0.6 is 23.5 Å². The summed E-state index contributed by atoms with van der Waals surface area (Å²) in [5.74, 6) is 0.837. The summed E-state index contributed by atoms with van der Waals surface area (Å²) in [6.45, 7) is 0.697. The summed E-state index contributed by atoms with van der Waals surface area (Å²) in [6.07, 6.45) is 7.91. The Morgan fingerprint density at radius 3 is 2.82 bits per heavy atom. The number of aromatic nitrogens is 2. The number of benzene rings is 1. The Bertz CT molecular complexity index is 601. The zero-order valence-corrected chi connectivity index (χ0v) is 14.0. The Morgan fingerprint density at radius 2 is 2.09 bits per heavy atom. The van der Waals surface area contributed by atoms with Crippen LogP contribution in [0.15, 0.2) is 46.6 Å². The van der Waals surface area contributed by atoms with Crippen molar-refractivity contribution in [2.75, 3.05) is 18.6 Å².